The molecule has 0 radical (unpaired) electrons. The van der Waals surface area contributed by atoms with Crippen LogP contribution < -0.4 is 5.32 Å². The largest absolute Gasteiger partial charge is 0.465 e. The summed E-state index contributed by atoms with van der Waals surface area (Å²) in [4.78, 5) is 11.2. The molecule has 1 unspecified atom stereocenters. The Labute approximate surface area is 84.6 Å². The molecule has 76 valence electrons. The fourth-order valence-corrected chi connectivity index (χ4v) is 2.19. The second-order valence-corrected chi connectivity index (χ2v) is 3.65. The van der Waals surface area contributed by atoms with Gasteiger partial charge in [0.2, 0.25) is 0 Å². The Balaban J connectivity index is 0.000000845. The van der Waals surface area contributed by atoms with E-state index in [1.54, 1.807) is 0 Å². The van der Waals surface area contributed by atoms with Crippen LogP contribution in [0.4, 0.5) is 0 Å². The molecule has 1 atom stereocenters. The molecule has 0 saturated carbocycles. The van der Waals surface area contributed by atoms with E-state index in [2.05, 4.69) is 5.32 Å². The summed E-state index contributed by atoms with van der Waals surface area (Å²) in [7, 11) is 0. The third kappa shape index (κ3) is 2.35. The van der Waals surface area contributed by atoms with Crippen LogP contribution in [0.25, 0.3) is 0 Å². The second kappa shape index (κ2) is 4.82. The summed E-state index contributed by atoms with van der Waals surface area (Å²) < 4.78 is 4.96. The van der Waals surface area contributed by atoms with Crippen molar-refractivity contribution in [1.82, 2.24) is 5.32 Å². The molecular formula is C9H16ClNO2. The number of carbonyl (C=O) groups excluding carboxylic acids is 1. The molecule has 2 fully saturated rings. The van der Waals surface area contributed by atoms with Gasteiger partial charge in [-0.25, -0.2) is 0 Å². The average Bonchev–Trinajstić information content (AvgIpc) is 2.53. The van der Waals surface area contributed by atoms with Crippen LogP contribution in [-0.2, 0) is 9.53 Å². The van der Waals surface area contributed by atoms with Gasteiger partial charge in [0.05, 0.1) is 12.5 Å². The number of ether oxygens (including phenoxy) is 1. The van der Waals surface area contributed by atoms with E-state index in [9.17, 15) is 4.79 Å². The first-order valence-electron chi connectivity index (χ1n) is 4.75. The highest BCUT2D eigenvalue weighted by atomic mass is 35.5. The van der Waals surface area contributed by atoms with Gasteiger partial charge in [-0.2, -0.15) is 0 Å². The minimum absolute atomic E-state index is 0. The van der Waals surface area contributed by atoms with Gasteiger partial charge in [0.25, 0.3) is 0 Å². The molecule has 0 amide bonds. The predicted octanol–water partition coefficient (Wildman–Crippen LogP) is 0.971. The van der Waals surface area contributed by atoms with E-state index in [4.69, 9.17) is 4.74 Å². The molecule has 2 heterocycles. The lowest BCUT2D eigenvalue weighted by atomic mass is 9.84. The lowest BCUT2D eigenvalue weighted by Gasteiger charge is -2.25. The van der Waals surface area contributed by atoms with Gasteiger partial charge in [-0.3, -0.25) is 4.79 Å². The zero-order valence-corrected chi connectivity index (χ0v) is 8.44. The first kappa shape index (κ1) is 10.8. The third-order valence-corrected chi connectivity index (χ3v) is 2.93. The second-order valence-electron chi connectivity index (χ2n) is 3.65. The Hall–Kier alpha value is -0.280. The third-order valence-electron chi connectivity index (χ3n) is 2.93. The molecule has 2 aliphatic rings. The first-order valence-corrected chi connectivity index (χ1v) is 4.75. The molecule has 2 aliphatic heterocycles. The van der Waals surface area contributed by atoms with Gasteiger partial charge in [0.15, 0.2) is 0 Å². The molecule has 0 aromatic rings. The van der Waals surface area contributed by atoms with Crippen LogP contribution in [0.3, 0.4) is 0 Å². The molecule has 0 aromatic heterocycles. The normalized spacial score (nSPS) is 29.5. The average molecular weight is 206 g/mol. The van der Waals surface area contributed by atoms with Crippen LogP contribution in [0.15, 0.2) is 0 Å². The van der Waals surface area contributed by atoms with E-state index < -0.39 is 0 Å². The predicted molar refractivity (Wildman–Crippen MR) is 51.9 cm³/mol. The van der Waals surface area contributed by atoms with Crippen molar-refractivity contribution in [3.8, 4) is 0 Å². The molecule has 0 bridgehead atoms. The highest BCUT2D eigenvalue weighted by Crippen LogP contribution is 2.29. The van der Waals surface area contributed by atoms with Crippen molar-refractivity contribution in [1.29, 1.82) is 0 Å². The highest BCUT2D eigenvalue weighted by molar-refractivity contribution is 5.85. The Bertz CT molecular complexity index is 180. The van der Waals surface area contributed by atoms with Crippen molar-refractivity contribution in [2.75, 3.05) is 19.7 Å². The standard InChI is InChI=1S/C9H15NO2.ClH/c11-9-8(3-6-12-9)7-1-4-10-5-2-7;/h7-8,10H,1-6H2;1H. The first-order chi connectivity index (χ1) is 5.88. The van der Waals surface area contributed by atoms with Crippen molar-refractivity contribution in [3.63, 3.8) is 0 Å². The summed E-state index contributed by atoms with van der Waals surface area (Å²) in [5.74, 6) is 0.843. The minimum atomic E-state index is 0. The zero-order chi connectivity index (χ0) is 8.39. The minimum Gasteiger partial charge on any atom is -0.465 e. The molecule has 1 N–H and O–H groups in total. The summed E-state index contributed by atoms with van der Waals surface area (Å²) >= 11 is 0. The van der Waals surface area contributed by atoms with Gasteiger partial charge in [0, 0.05) is 0 Å². The van der Waals surface area contributed by atoms with E-state index in [1.807, 2.05) is 0 Å². The van der Waals surface area contributed by atoms with Crippen LogP contribution in [0.5, 0.6) is 0 Å². The Kier molecular flexibility index (Phi) is 4.00. The van der Waals surface area contributed by atoms with E-state index in [0.717, 1.165) is 32.4 Å². The van der Waals surface area contributed by atoms with Crippen LogP contribution in [0.2, 0.25) is 0 Å². The maximum atomic E-state index is 11.2. The van der Waals surface area contributed by atoms with E-state index in [0.29, 0.717) is 12.5 Å². The molecule has 0 aliphatic carbocycles. The Morgan fingerprint density at radius 1 is 1.23 bits per heavy atom. The summed E-state index contributed by atoms with van der Waals surface area (Å²) in [6.45, 7) is 2.77. The molecule has 2 saturated heterocycles. The van der Waals surface area contributed by atoms with E-state index in [1.165, 1.54) is 0 Å². The van der Waals surface area contributed by atoms with Crippen molar-refractivity contribution < 1.29 is 9.53 Å². The van der Waals surface area contributed by atoms with Crippen LogP contribution in [0, 0.1) is 11.8 Å². The molecule has 13 heavy (non-hydrogen) atoms. The number of cyclic esters (lactones) is 1. The van der Waals surface area contributed by atoms with E-state index >= 15 is 0 Å². The van der Waals surface area contributed by atoms with Crippen molar-refractivity contribution in [2.45, 2.75) is 19.3 Å². The molecular weight excluding hydrogens is 190 g/mol. The summed E-state index contributed by atoms with van der Waals surface area (Å²) in [5.41, 5.74) is 0. The van der Waals surface area contributed by atoms with Gasteiger partial charge in [-0.05, 0) is 38.3 Å². The quantitative estimate of drug-likeness (QED) is 0.649. The summed E-state index contributed by atoms with van der Waals surface area (Å²) in [6.07, 6.45) is 3.23. The van der Waals surface area contributed by atoms with Crippen LogP contribution in [-0.4, -0.2) is 25.7 Å². The molecule has 3 nitrogen and oxygen atoms in total. The fraction of sp³-hybridized carbons (Fsp3) is 0.889. The number of nitrogens with one attached hydrogen (secondary N) is 1. The van der Waals surface area contributed by atoms with Gasteiger partial charge in [-0.15, -0.1) is 12.4 Å². The number of rotatable bonds is 1. The van der Waals surface area contributed by atoms with Gasteiger partial charge in [0.1, 0.15) is 0 Å². The fourth-order valence-electron chi connectivity index (χ4n) is 2.19. The lowest BCUT2D eigenvalue weighted by Crippen LogP contribution is -2.33. The Morgan fingerprint density at radius 3 is 2.46 bits per heavy atom. The number of hydrogen-bond acceptors (Lipinski definition) is 3. The summed E-state index contributed by atoms with van der Waals surface area (Å²) in [5, 5.41) is 3.30. The number of carbonyl (C=O) groups is 1. The SMILES string of the molecule is Cl.O=C1OCCC1C1CCNCC1. The molecule has 4 heteroatoms. The summed E-state index contributed by atoms with van der Waals surface area (Å²) in [6, 6.07) is 0. The topological polar surface area (TPSA) is 38.3 Å². The van der Waals surface area contributed by atoms with Crippen molar-refractivity contribution in [3.05, 3.63) is 0 Å². The molecule has 0 aromatic carbocycles. The lowest BCUT2D eigenvalue weighted by molar-refractivity contribution is -0.142. The van der Waals surface area contributed by atoms with Crippen LogP contribution in [0.1, 0.15) is 19.3 Å². The maximum Gasteiger partial charge on any atom is 0.309 e. The monoisotopic (exact) mass is 205 g/mol. The van der Waals surface area contributed by atoms with Crippen LogP contribution >= 0.6 is 12.4 Å². The van der Waals surface area contributed by atoms with Gasteiger partial charge in [-0.1, -0.05) is 0 Å². The number of halogens is 1. The van der Waals surface area contributed by atoms with Crippen molar-refractivity contribution in [2.24, 2.45) is 11.8 Å². The number of piperidine rings is 1. The van der Waals surface area contributed by atoms with Gasteiger partial charge < -0.3 is 10.1 Å². The molecule has 0 spiro atoms. The number of esters is 1. The smallest absolute Gasteiger partial charge is 0.309 e. The van der Waals surface area contributed by atoms with E-state index in [-0.39, 0.29) is 24.3 Å². The van der Waals surface area contributed by atoms with Gasteiger partial charge >= 0.3 is 5.97 Å². The number of hydrogen-bond donors (Lipinski definition) is 1. The highest BCUT2D eigenvalue weighted by Gasteiger charge is 2.34. The maximum absolute atomic E-state index is 11.2. The Morgan fingerprint density at radius 2 is 1.92 bits per heavy atom. The zero-order valence-electron chi connectivity index (χ0n) is 7.62. The molecule has 2 rings (SSSR count). The van der Waals surface area contributed by atoms with Crippen molar-refractivity contribution >= 4 is 18.4 Å².